The number of rotatable bonds is 21. The molecule has 1 N–H and O–H groups in total. The van der Waals surface area contributed by atoms with E-state index in [9.17, 15) is 4.79 Å². The van der Waals surface area contributed by atoms with Gasteiger partial charge in [0.15, 0.2) is 0 Å². The summed E-state index contributed by atoms with van der Waals surface area (Å²) in [4.78, 5) is 11.1. The first-order valence-electron chi connectivity index (χ1n) is 11.8. The number of carbonyl (C=O) groups is 1. The van der Waals surface area contributed by atoms with E-state index in [-0.39, 0.29) is 5.97 Å². The zero-order valence-corrected chi connectivity index (χ0v) is 18.9. The maximum absolute atomic E-state index is 11.1. The number of hydrogen-bond acceptors (Lipinski definition) is 3. The molecule has 0 rings (SSSR count). The van der Waals surface area contributed by atoms with E-state index in [1.54, 1.807) is 0 Å². The summed E-state index contributed by atoms with van der Waals surface area (Å²) >= 11 is 0. The van der Waals surface area contributed by atoms with Gasteiger partial charge in [-0.3, -0.25) is 0 Å². The highest BCUT2D eigenvalue weighted by Gasteiger charge is 2.07. The average molecular weight is 394 g/mol. The number of allylic oxidation sites excluding steroid dienone is 2. The minimum atomic E-state index is -0.256. The highest BCUT2D eigenvalue weighted by Crippen LogP contribution is 2.14. The van der Waals surface area contributed by atoms with Crippen LogP contribution in [0.1, 0.15) is 110 Å². The number of nitrogens with one attached hydrogen (secondary N) is 1. The molecular weight excluding hydrogens is 346 g/mol. The molecule has 1 atom stereocenters. The lowest BCUT2D eigenvalue weighted by molar-refractivity contribution is -0.134. The van der Waals surface area contributed by atoms with Gasteiger partial charge in [-0.15, -0.1) is 6.58 Å². The van der Waals surface area contributed by atoms with Gasteiger partial charge in [0, 0.05) is 12.1 Å². The summed E-state index contributed by atoms with van der Waals surface area (Å²) in [6.07, 6.45) is 26.0. The normalized spacial score (nSPS) is 12.4. The molecule has 0 spiro atoms. The molecule has 0 fully saturated rings. The van der Waals surface area contributed by atoms with Crippen molar-refractivity contribution in [2.45, 2.75) is 116 Å². The van der Waals surface area contributed by atoms with Gasteiger partial charge in [-0.05, 0) is 51.5 Å². The molecule has 164 valence electrons. The summed E-state index contributed by atoms with van der Waals surface area (Å²) in [6.45, 7) is 7.20. The van der Waals surface area contributed by atoms with Gasteiger partial charge in [-0.2, -0.15) is 0 Å². The van der Waals surface area contributed by atoms with Gasteiger partial charge >= 0.3 is 5.97 Å². The minimum Gasteiger partial charge on any atom is -0.466 e. The van der Waals surface area contributed by atoms with Crippen molar-refractivity contribution in [3.8, 4) is 0 Å². The maximum atomic E-state index is 11.1. The first-order chi connectivity index (χ1) is 13.7. The number of ether oxygens (including phenoxy) is 1. The summed E-state index contributed by atoms with van der Waals surface area (Å²) < 4.78 is 4.62. The third-order valence-electron chi connectivity index (χ3n) is 5.30. The first kappa shape index (κ1) is 26.9. The monoisotopic (exact) mass is 393 g/mol. The first-order valence-corrected chi connectivity index (χ1v) is 11.8. The molecule has 0 aliphatic carbocycles. The highest BCUT2D eigenvalue weighted by molar-refractivity contribution is 5.81. The van der Waals surface area contributed by atoms with E-state index < -0.39 is 0 Å². The van der Waals surface area contributed by atoms with Crippen molar-refractivity contribution in [1.82, 2.24) is 5.32 Å². The van der Waals surface area contributed by atoms with E-state index in [0.29, 0.717) is 6.04 Å². The van der Waals surface area contributed by atoms with Crippen LogP contribution in [0.2, 0.25) is 0 Å². The predicted octanol–water partition coefficient (Wildman–Crippen LogP) is 7.12. The Hall–Kier alpha value is -1.09. The Bertz CT molecular complexity index is 379. The van der Waals surface area contributed by atoms with Crippen molar-refractivity contribution in [2.75, 3.05) is 13.7 Å². The predicted molar refractivity (Wildman–Crippen MR) is 123 cm³/mol. The van der Waals surface area contributed by atoms with Crippen LogP contribution < -0.4 is 5.32 Å². The molecule has 0 bridgehead atoms. The van der Waals surface area contributed by atoms with Crippen LogP contribution >= 0.6 is 0 Å². The van der Waals surface area contributed by atoms with Gasteiger partial charge in [-0.1, -0.05) is 76.9 Å². The molecule has 0 aromatic heterocycles. The van der Waals surface area contributed by atoms with Gasteiger partial charge in [0.1, 0.15) is 0 Å². The second kappa shape index (κ2) is 22.2. The van der Waals surface area contributed by atoms with Crippen LogP contribution in [0, 0.1) is 0 Å². The SMILES string of the molecule is C=CCCCCNC(CCCCC=CC(=O)OC)CCCCCCCCCC. The second-order valence-corrected chi connectivity index (χ2v) is 7.91. The maximum Gasteiger partial charge on any atom is 0.330 e. The van der Waals surface area contributed by atoms with E-state index in [2.05, 4.69) is 23.6 Å². The summed E-state index contributed by atoms with van der Waals surface area (Å²) in [5.74, 6) is -0.256. The molecule has 28 heavy (non-hydrogen) atoms. The average Bonchev–Trinajstić information content (AvgIpc) is 2.71. The van der Waals surface area contributed by atoms with Crippen LogP contribution in [0.4, 0.5) is 0 Å². The van der Waals surface area contributed by atoms with E-state index in [1.807, 2.05) is 12.2 Å². The summed E-state index contributed by atoms with van der Waals surface area (Å²) in [5, 5.41) is 3.79. The largest absolute Gasteiger partial charge is 0.466 e. The third-order valence-corrected chi connectivity index (χ3v) is 5.30. The molecule has 0 radical (unpaired) electrons. The second-order valence-electron chi connectivity index (χ2n) is 7.91. The van der Waals surface area contributed by atoms with Crippen LogP contribution in [0.5, 0.6) is 0 Å². The van der Waals surface area contributed by atoms with Gasteiger partial charge in [-0.25, -0.2) is 4.79 Å². The lowest BCUT2D eigenvalue weighted by Gasteiger charge is -2.19. The van der Waals surface area contributed by atoms with E-state index in [0.717, 1.165) is 25.8 Å². The van der Waals surface area contributed by atoms with Crippen LogP contribution in [0.15, 0.2) is 24.8 Å². The van der Waals surface area contributed by atoms with Crippen molar-refractivity contribution in [1.29, 1.82) is 0 Å². The molecule has 0 aliphatic heterocycles. The lowest BCUT2D eigenvalue weighted by atomic mass is 10.00. The summed E-state index contributed by atoms with van der Waals surface area (Å²) in [6, 6.07) is 0.647. The molecule has 0 saturated heterocycles. The Kier molecular flexibility index (Phi) is 21.3. The molecule has 0 aliphatic rings. The fraction of sp³-hybridized carbons (Fsp3) is 0.800. The third kappa shape index (κ3) is 19.7. The van der Waals surface area contributed by atoms with Crippen LogP contribution in [0.25, 0.3) is 0 Å². The number of methoxy groups -OCH3 is 1. The van der Waals surface area contributed by atoms with Gasteiger partial charge in [0.2, 0.25) is 0 Å². The Morgan fingerprint density at radius 3 is 2.14 bits per heavy atom. The molecule has 0 saturated carbocycles. The number of unbranched alkanes of at least 4 members (excludes halogenated alkanes) is 11. The lowest BCUT2D eigenvalue weighted by Crippen LogP contribution is -2.30. The standard InChI is InChI=1S/C25H47NO2/c1-4-6-8-10-11-12-13-16-20-24(26-23-19-9-7-5-2)21-17-14-15-18-22-25(27)28-3/h5,18,22,24,26H,2,4,6-17,19-21,23H2,1,3H3. The van der Waals surface area contributed by atoms with Crippen molar-refractivity contribution >= 4 is 5.97 Å². The molecule has 0 aromatic carbocycles. The van der Waals surface area contributed by atoms with Gasteiger partial charge in [0.05, 0.1) is 7.11 Å². The number of esters is 1. The van der Waals surface area contributed by atoms with Crippen LogP contribution in [0.3, 0.4) is 0 Å². The van der Waals surface area contributed by atoms with Crippen LogP contribution in [-0.2, 0) is 9.53 Å². The smallest absolute Gasteiger partial charge is 0.330 e. The topological polar surface area (TPSA) is 38.3 Å². The molecule has 3 nitrogen and oxygen atoms in total. The Morgan fingerprint density at radius 1 is 0.893 bits per heavy atom. The van der Waals surface area contributed by atoms with E-state index in [4.69, 9.17) is 0 Å². The molecule has 0 heterocycles. The molecule has 1 unspecified atom stereocenters. The fourth-order valence-electron chi connectivity index (χ4n) is 3.49. The minimum absolute atomic E-state index is 0.256. The quantitative estimate of drug-likeness (QED) is 0.0976. The highest BCUT2D eigenvalue weighted by atomic mass is 16.5. The summed E-state index contributed by atoms with van der Waals surface area (Å²) in [7, 11) is 1.42. The van der Waals surface area contributed by atoms with E-state index in [1.165, 1.54) is 96.7 Å². The van der Waals surface area contributed by atoms with E-state index >= 15 is 0 Å². The Morgan fingerprint density at radius 2 is 1.50 bits per heavy atom. The molecular formula is C25H47NO2. The van der Waals surface area contributed by atoms with Gasteiger partial charge in [0.25, 0.3) is 0 Å². The molecule has 0 aromatic rings. The van der Waals surface area contributed by atoms with Crippen molar-refractivity contribution in [2.24, 2.45) is 0 Å². The molecule has 3 heteroatoms. The Labute approximate surface area is 175 Å². The summed E-state index contributed by atoms with van der Waals surface area (Å²) in [5.41, 5.74) is 0. The van der Waals surface area contributed by atoms with Crippen molar-refractivity contribution in [3.05, 3.63) is 24.8 Å². The van der Waals surface area contributed by atoms with Crippen molar-refractivity contribution < 1.29 is 9.53 Å². The van der Waals surface area contributed by atoms with Gasteiger partial charge < -0.3 is 10.1 Å². The Balaban J connectivity index is 3.91. The van der Waals surface area contributed by atoms with Crippen LogP contribution in [-0.4, -0.2) is 25.7 Å². The molecule has 0 amide bonds. The zero-order valence-electron chi connectivity index (χ0n) is 18.9. The zero-order chi connectivity index (χ0) is 20.7. The fourth-order valence-corrected chi connectivity index (χ4v) is 3.49. The number of hydrogen-bond donors (Lipinski definition) is 1. The number of carbonyl (C=O) groups excluding carboxylic acids is 1. The van der Waals surface area contributed by atoms with Crippen molar-refractivity contribution in [3.63, 3.8) is 0 Å².